The summed E-state index contributed by atoms with van der Waals surface area (Å²) in [7, 11) is 0. The first kappa shape index (κ1) is 11.3. The van der Waals surface area contributed by atoms with Gasteiger partial charge in [-0.25, -0.2) is 15.0 Å². The molecule has 0 saturated heterocycles. The fraction of sp³-hybridized carbons (Fsp3) is 0.417. The highest BCUT2D eigenvalue weighted by molar-refractivity contribution is 5.81. The molecule has 4 heterocycles. The number of hydrogen-bond acceptors (Lipinski definition) is 6. The molecular formula is C12H14N8. The highest BCUT2D eigenvalue weighted by atomic mass is 15.3. The molecule has 4 rings (SSSR count). The molecule has 102 valence electrons. The van der Waals surface area contributed by atoms with Crippen LogP contribution in [0.15, 0.2) is 12.7 Å². The maximum atomic E-state index is 4.27. The van der Waals surface area contributed by atoms with Gasteiger partial charge in [-0.3, -0.25) is 0 Å². The Morgan fingerprint density at radius 2 is 2.30 bits per heavy atom. The largest absolute Gasteiger partial charge is 0.368 e. The van der Waals surface area contributed by atoms with Gasteiger partial charge in [-0.2, -0.15) is 0 Å². The third-order valence-corrected chi connectivity index (χ3v) is 3.71. The summed E-state index contributed by atoms with van der Waals surface area (Å²) in [5, 5.41) is 11.6. The molecule has 8 heteroatoms. The first-order valence-corrected chi connectivity index (χ1v) is 6.58. The molecule has 1 atom stereocenters. The molecule has 0 fully saturated rings. The Bertz CT molecular complexity index is 758. The Morgan fingerprint density at radius 1 is 1.35 bits per heavy atom. The molecule has 0 amide bonds. The Hall–Kier alpha value is -2.51. The number of hydrogen-bond donors (Lipinski definition) is 2. The number of imidazole rings is 1. The van der Waals surface area contributed by atoms with Crippen molar-refractivity contribution >= 4 is 17.0 Å². The van der Waals surface area contributed by atoms with Crippen LogP contribution in [0.2, 0.25) is 0 Å². The Balaban J connectivity index is 1.48. The highest BCUT2D eigenvalue weighted by Gasteiger charge is 2.24. The van der Waals surface area contributed by atoms with Crippen molar-refractivity contribution in [1.82, 2.24) is 34.7 Å². The topological polar surface area (TPSA) is 97.2 Å². The quantitative estimate of drug-likeness (QED) is 0.721. The van der Waals surface area contributed by atoms with Crippen LogP contribution >= 0.6 is 0 Å². The number of aryl methyl sites for hydroxylation is 1. The molecule has 0 radical (unpaired) electrons. The molecule has 20 heavy (non-hydrogen) atoms. The third-order valence-electron chi connectivity index (χ3n) is 3.71. The van der Waals surface area contributed by atoms with Gasteiger partial charge in [0.2, 0.25) is 0 Å². The van der Waals surface area contributed by atoms with Crippen LogP contribution in [0.1, 0.15) is 11.6 Å². The molecule has 3 aromatic rings. The van der Waals surface area contributed by atoms with E-state index in [2.05, 4.69) is 40.0 Å². The Morgan fingerprint density at radius 3 is 3.20 bits per heavy atom. The lowest BCUT2D eigenvalue weighted by Crippen LogP contribution is -2.17. The van der Waals surface area contributed by atoms with E-state index in [1.807, 2.05) is 6.92 Å². The smallest absolute Gasteiger partial charge is 0.182 e. The maximum absolute atomic E-state index is 4.27. The minimum absolute atomic E-state index is 0.507. The predicted molar refractivity (Wildman–Crippen MR) is 72.1 cm³/mol. The summed E-state index contributed by atoms with van der Waals surface area (Å²) in [4.78, 5) is 15.6. The number of aromatic amines is 1. The molecule has 0 spiro atoms. The van der Waals surface area contributed by atoms with Gasteiger partial charge in [-0.15, -0.1) is 10.2 Å². The van der Waals surface area contributed by atoms with Gasteiger partial charge < -0.3 is 14.9 Å². The lowest BCUT2D eigenvalue weighted by atomic mass is 10.1. The number of fused-ring (bicyclic) bond motifs is 2. The minimum atomic E-state index is 0.507. The zero-order chi connectivity index (χ0) is 13.5. The van der Waals surface area contributed by atoms with Crippen molar-refractivity contribution in [3.8, 4) is 0 Å². The fourth-order valence-electron chi connectivity index (χ4n) is 2.67. The van der Waals surface area contributed by atoms with Gasteiger partial charge in [0, 0.05) is 25.4 Å². The van der Waals surface area contributed by atoms with Gasteiger partial charge in [0.1, 0.15) is 23.5 Å². The van der Waals surface area contributed by atoms with Gasteiger partial charge in [0.25, 0.3) is 0 Å². The van der Waals surface area contributed by atoms with Crippen LogP contribution < -0.4 is 5.32 Å². The Labute approximate surface area is 114 Å². The first-order chi connectivity index (χ1) is 9.81. The van der Waals surface area contributed by atoms with E-state index in [-0.39, 0.29) is 0 Å². The van der Waals surface area contributed by atoms with Crippen LogP contribution in [0.4, 0.5) is 5.82 Å². The summed E-state index contributed by atoms with van der Waals surface area (Å²) in [6, 6.07) is 0. The van der Waals surface area contributed by atoms with Gasteiger partial charge in [-0.05, 0) is 6.92 Å². The maximum Gasteiger partial charge on any atom is 0.182 e. The summed E-state index contributed by atoms with van der Waals surface area (Å²) < 4.78 is 2.18. The molecule has 1 unspecified atom stereocenters. The van der Waals surface area contributed by atoms with E-state index in [1.54, 1.807) is 6.33 Å². The first-order valence-electron chi connectivity index (χ1n) is 6.58. The van der Waals surface area contributed by atoms with Crippen molar-refractivity contribution in [2.45, 2.75) is 19.9 Å². The number of nitrogens with one attached hydrogen (secondary N) is 2. The second-order valence-electron chi connectivity index (χ2n) is 5.05. The zero-order valence-corrected chi connectivity index (χ0v) is 11.0. The van der Waals surface area contributed by atoms with Crippen molar-refractivity contribution in [2.75, 3.05) is 11.9 Å². The molecule has 8 nitrogen and oxygen atoms in total. The third kappa shape index (κ3) is 1.72. The molecule has 1 aliphatic heterocycles. The van der Waals surface area contributed by atoms with Crippen molar-refractivity contribution in [2.24, 2.45) is 5.92 Å². The summed E-state index contributed by atoms with van der Waals surface area (Å²) in [6.07, 6.45) is 4.11. The standard InChI is InChI=1S/C12H14N8/c1-7-18-19-9-2-8(4-20(7)9)3-13-11-10-12(15-5-14-10)17-6-16-11/h5-6,8H,2-4H2,1H3,(H2,13,14,15,16,17). The van der Waals surface area contributed by atoms with Gasteiger partial charge in [0.15, 0.2) is 11.5 Å². The number of anilines is 1. The average molecular weight is 270 g/mol. The van der Waals surface area contributed by atoms with E-state index in [0.29, 0.717) is 11.6 Å². The molecule has 0 aromatic carbocycles. The van der Waals surface area contributed by atoms with Crippen LogP contribution in [-0.4, -0.2) is 41.2 Å². The van der Waals surface area contributed by atoms with E-state index in [9.17, 15) is 0 Å². The summed E-state index contributed by atoms with van der Waals surface area (Å²) in [5.41, 5.74) is 1.53. The van der Waals surface area contributed by atoms with Crippen LogP contribution in [0.5, 0.6) is 0 Å². The summed E-state index contributed by atoms with van der Waals surface area (Å²) in [6.45, 7) is 3.79. The summed E-state index contributed by atoms with van der Waals surface area (Å²) in [5.74, 6) is 3.36. The molecule has 0 bridgehead atoms. The van der Waals surface area contributed by atoms with Crippen LogP contribution in [0, 0.1) is 12.8 Å². The minimum Gasteiger partial charge on any atom is -0.368 e. The molecule has 1 aliphatic rings. The van der Waals surface area contributed by atoms with Crippen molar-refractivity contribution in [3.05, 3.63) is 24.3 Å². The number of H-pyrrole nitrogens is 1. The van der Waals surface area contributed by atoms with E-state index in [4.69, 9.17) is 0 Å². The predicted octanol–water partition coefficient (Wildman–Crippen LogP) is 0.537. The lowest BCUT2D eigenvalue weighted by Gasteiger charge is -2.11. The van der Waals surface area contributed by atoms with E-state index in [0.717, 1.165) is 42.5 Å². The van der Waals surface area contributed by atoms with Crippen molar-refractivity contribution < 1.29 is 0 Å². The highest BCUT2D eigenvalue weighted by Crippen LogP contribution is 2.21. The number of aromatic nitrogens is 7. The lowest BCUT2D eigenvalue weighted by molar-refractivity contribution is 0.527. The zero-order valence-electron chi connectivity index (χ0n) is 11.0. The Kier molecular flexibility index (Phi) is 2.41. The van der Waals surface area contributed by atoms with Gasteiger partial charge in [0.05, 0.1) is 6.33 Å². The monoisotopic (exact) mass is 270 g/mol. The second-order valence-corrected chi connectivity index (χ2v) is 5.05. The molecule has 0 saturated carbocycles. The van der Waals surface area contributed by atoms with Crippen LogP contribution in [0.3, 0.4) is 0 Å². The van der Waals surface area contributed by atoms with Crippen molar-refractivity contribution in [1.29, 1.82) is 0 Å². The van der Waals surface area contributed by atoms with E-state index in [1.165, 1.54) is 6.33 Å². The normalized spacial score (nSPS) is 17.6. The average Bonchev–Trinajstić information content (AvgIpc) is 3.14. The van der Waals surface area contributed by atoms with Gasteiger partial charge in [-0.1, -0.05) is 0 Å². The van der Waals surface area contributed by atoms with E-state index < -0.39 is 0 Å². The van der Waals surface area contributed by atoms with Crippen molar-refractivity contribution in [3.63, 3.8) is 0 Å². The fourth-order valence-corrected chi connectivity index (χ4v) is 2.67. The molecule has 3 aromatic heterocycles. The molecule has 2 N–H and O–H groups in total. The summed E-state index contributed by atoms with van der Waals surface area (Å²) >= 11 is 0. The number of nitrogens with zero attached hydrogens (tertiary/aromatic N) is 6. The van der Waals surface area contributed by atoms with Crippen LogP contribution in [-0.2, 0) is 13.0 Å². The number of rotatable bonds is 3. The molecular weight excluding hydrogens is 256 g/mol. The van der Waals surface area contributed by atoms with E-state index >= 15 is 0 Å². The van der Waals surface area contributed by atoms with Crippen LogP contribution in [0.25, 0.3) is 11.2 Å². The second kappa shape index (κ2) is 4.26. The SMILES string of the molecule is Cc1nnc2n1CC(CNc1ncnc3nc[nH]c13)C2. The van der Waals surface area contributed by atoms with Gasteiger partial charge >= 0.3 is 0 Å². The molecule has 0 aliphatic carbocycles.